The van der Waals surface area contributed by atoms with E-state index >= 15 is 0 Å². The second-order valence-corrected chi connectivity index (χ2v) is 4.97. The van der Waals surface area contributed by atoms with Crippen molar-refractivity contribution < 1.29 is 9.59 Å². The summed E-state index contributed by atoms with van der Waals surface area (Å²) in [7, 11) is 0. The molecule has 0 atom stereocenters. The van der Waals surface area contributed by atoms with Crippen molar-refractivity contribution in [2.45, 2.75) is 0 Å². The average molecular weight is 339 g/mol. The van der Waals surface area contributed by atoms with Crippen LogP contribution in [-0.4, -0.2) is 12.1 Å². The van der Waals surface area contributed by atoms with Gasteiger partial charge in [0, 0.05) is 11.4 Å². The number of hydrogen-bond acceptors (Lipinski definition) is 2. The Kier molecular flexibility index (Phi) is 5.46. The van der Waals surface area contributed by atoms with Crippen LogP contribution in [-0.2, 0) is 0 Å². The number of anilines is 2. The molecule has 0 aliphatic carbocycles. The van der Waals surface area contributed by atoms with Gasteiger partial charge >= 0.3 is 12.1 Å². The van der Waals surface area contributed by atoms with Crippen LogP contribution in [0.5, 0.6) is 0 Å². The molecule has 0 aliphatic rings. The summed E-state index contributed by atoms with van der Waals surface area (Å²) in [4.78, 5) is 23.2. The molecule has 6 nitrogen and oxygen atoms in total. The van der Waals surface area contributed by atoms with E-state index in [2.05, 4.69) is 21.5 Å². The van der Waals surface area contributed by atoms with Gasteiger partial charge in [0.05, 0.1) is 10.0 Å². The number of carbonyl (C=O) groups is 2. The summed E-state index contributed by atoms with van der Waals surface area (Å²) < 4.78 is 0. The highest BCUT2D eigenvalue weighted by Crippen LogP contribution is 2.24. The molecule has 0 aliphatic heterocycles. The van der Waals surface area contributed by atoms with Crippen LogP contribution in [0.25, 0.3) is 0 Å². The molecule has 0 radical (unpaired) electrons. The normalized spacial score (nSPS) is 9.73. The molecule has 0 saturated carbocycles. The van der Waals surface area contributed by atoms with Gasteiger partial charge in [0.25, 0.3) is 0 Å². The van der Waals surface area contributed by atoms with Gasteiger partial charge in [-0.2, -0.15) is 0 Å². The van der Waals surface area contributed by atoms with Crippen LogP contribution >= 0.6 is 23.2 Å². The Balaban J connectivity index is 1.80. The van der Waals surface area contributed by atoms with E-state index in [-0.39, 0.29) is 0 Å². The van der Waals surface area contributed by atoms with Gasteiger partial charge in [-0.05, 0) is 30.3 Å². The first-order valence-electron chi connectivity index (χ1n) is 6.18. The molecule has 8 heteroatoms. The number of para-hydroxylation sites is 1. The minimum Gasteiger partial charge on any atom is -0.307 e. The Morgan fingerprint density at radius 3 is 1.91 bits per heavy atom. The highest BCUT2D eigenvalue weighted by molar-refractivity contribution is 6.42. The topological polar surface area (TPSA) is 82.3 Å². The fourth-order valence-corrected chi connectivity index (χ4v) is 1.83. The van der Waals surface area contributed by atoms with Gasteiger partial charge in [-0.15, -0.1) is 0 Å². The lowest BCUT2D eigenvalue weighted by Crippen LogP contribution is -2.45. The van der Waals surface area contributed by atoms with Crippen molar-refractivity contribution in [2.24, 2.45) is 0 Å². The first-order chi connectivity index (χ1) is 10.5. The highest BCUT2D eigenvalue weighted by atomic mass is 35.5. The largest absolute Gasteiger partial charge is 0.337 e. The third-order valence-corrected chi connectivity index (χ3v) is 3.24. The number of hydrazine groups is 1. The van der Waals surface area contributed by atoms with Crippen LogP contribution in [0.3, 0.4) is 0 Å². The van der Waals surface area contributed by atoms with Gasteiger partial charge in [-0.25, -0.2) is 20.4 Å². The van der Waals surface area contributed by atoms with Crippen molar-refractivity contribution in [3.8, 4) is 0 Å². The third-order valence-electron chi connectivity index (χ3n) is 2.50. The first-order valence-corrected chi connectivity index (χ1v) is 6.94. The average Bonchev–Trinajstić information content (AvgIpc) is 2.50. The van der Waals surface area contributed by atoms with E-state index in [9.17, 15) is 9.59 Å². The molecular formula is C14H12Cl2N4O2. The number of benzene rings is 2. The number of carbonyl (C=O) groups excluding carboxylic acids is 2. The van der Waals surface area contributed by atoms with E-state index < -0.39 is 12.1 Å². The highest BCUT2D eigenvalue weighted by Gasteiger charge is 2.06. The van der Waals surface area contributed by atoms with E-state index in [1.165, 1.54) is 6.07 Å². The Morgan fingerprint density at radius 2 is 1.32 bits per heavy atom. The lowest BCUT2D eigenvalue weighted by Gasteiger charge is -2.10. The minimum absolute atomic E-state index is 0.314. The summed E-state index contributed by atoms with van der Waals surface area (Å²) in [6.07, 6.45) is 0. The zero-order valence-corrected chi connectivity index (χ0v) is 12.7. The zero-order chi connectivity index (χ0) is 15.9. The van der Waals surface area contributed by atoms with E-state index in [0.29, 0.717) is 21.4 Å². The Hall–Kier alpha value is -2.44. The fourth-order valence-electron chi connectivity index (χ4n) is 1.53. The third kappa shape index (κ3) is 4.83. The van der Waals surface area contributed by atoms with E-state index in [1.807, 2.05) is 6.07 Å². The molecule has 0 spiro atoms. The van der Waals surface area contributed by atoms with Crippen molar-refractivity contribution in [3.05, 3.63) is 58.6 Å². The predicted octanol–water partition coefficient (Wildman–Crippen LogP) is 3.85. The van der Waals surface area contributed by atoms with E-state index in [1.54, 1.807) is 36.4 Å². The summed E-state index contributed by atoms with van der Waals surface area (Å²) in [6.45, 7) is 0. The number of amides is 4. The zero-order valence-electron chi connectivity index (χ0n) is 11.2. The molecule has 0 fully saturated rings. The van der Waals surface area contributed by atoms with Crippen LogP contribution < -0.4 is 21.5 Å². The van der Waals surface area contributed by atoms with Crippen molar-refractivity contribution >= 4 is 46.6 Å². The van der Waals surface area contributed by atoms with Crippen LogP contribution in [0.15, 0.2) is 48.5 Å². The Labute approximate surface area is 136 Å². The monoisotopic (exact) mass is 338 g/mol. The Bertz CT molecular complexity index is 680. The lowest BCUT2D eigenvalue weighted by molar-refractivity contribution is 0.237. The molecule has 2 aromatic rings. The molecule has 22 heavy (non-hydrogen) atoms. The minimum atomic E-state index is -0.624. The molecule has 4 N–H and O–H groups in total. The summed E-state index contributed by atoms with van der Waals surface area (Å²) >= 11 is 11.6. The second-order valence-electron chi connectivity index (χ2n) is 4.15. The number of urea groups is 2. The van der Waals surface area contributed by atoms with Gasteiger partial charge in [0.1, 0.15) is 0 Å². The Morgan fingerprint density at radius 1 is 0.727 bits per heavy atom. The number of hydrogen-bond donors (Lipinski definition) is 4. The molecule has 0 saturated heterocycles. The van der Waals surface area contributed by atoms with Crippen molar-refractivity contribution in [3.63, 3.8) is 0 Å². The van der Waals surface area contributed by atoms with Gasteiger partial charge in [0.15, 0.2) is 0 Å². The lowest BCUT2D eigenvalue weighted by atomic mass is 10.3. The van der Waals surface area contributed by atoms with Crippen LogP contribution in [0, 0.1) is 0 Å². The standard InChI is InChI=1S/C14H12Cl2N4O2/c15-11-7-6-10(8-12(11)16)18-14(22)20-19-13(21)17-9-4-2-1-3-5-9/h1-8H,(H2,17,19,21)(H2,18,20,22). The smallest absolute Gasteiger partial charge is 0.307 e. The summed E-state index contributed by atoms with van der Waals surface area (Å²) in [6, 6.07) is 12.2. The SMILES string of the molecule is O=C(NNC(=O)Nc1ccc(Cl)c(Cl)c1)Nc1ccccc1. The predicted molar refractivity (Wildman–Crippen MR) is 87.2 cm³/mol. The van der Waals surface area contributed by atoms with Gasteiger partial charge in [-0.1, -0.05) is 41.4 Å². The molecule has 114 valence electrons. The summed E-state index contributed by atoms with van der Waals surface area (Å²) in [5.74, 6) is 0. The summed E-state index contributed by atoms with van der Waals surface area (Å²) in [5, 5.41) is 5.74. The van der Waals surface area contributed by atoms with Crippen LogP contribution in [0.4, 0.5) is 21.0 Å². The molecule has 2 aromatic carbocycles. The van der Waals surface area contributed by atoms with E-state index in [4.69, 9.17) is 23.2 Å². The summed E-state index contributed by atoms with van der Waals surface area (Å²) in [5.41, 5.74) is 5.45. The molecule has 0 aromatic heterocycles. The molecule has 0 unspecified atom stereocenters. The molecule has 0 bridgehead atoms. The maximum atomic E-state index is 11.6. The fraction of sp³-hybridized carbons (Fsp3) is 0. The van der Waals surface area contributed by atoms with Crippen molar-refractivity contribution in [1.29, 1.82) is 0 Å². The second kappa shape index (κ2) is 7.53. The van der Waals surface area contributed by atoms with Gasteiger partial charge < -0.3 is 10.6 Å². The van der Waals surface area contributed by atoms with Crippen LogP contribution in [0.2, 0.25) is 10.0 Å². The van der Waals surface area contributed by atoms with E-state index in [0.717, 1.165) is 0 Å². The molecule has 4 amide bonds. The maximum Gasteiger partial charge on any atom is 0.337 e. The number of rotatable bonds is 2. The first kappa shape index (κ1) is 15.9. The number of nitrogens with one attached hydrogen (secondary N) is 4. The molecule has 0 heterocycles. The van der Waals surface area contributed by atoms with Gasteiger partial charge in [-0.3, -0.25) is 0 Å². The number of halogens is 2. The molecular weight excluding hydrogens is 327 g/mol. The van der Waals surface area contributed by atoms with Crippen molar-refractivity contribution in [1.82, 2.24) is 10.9 Å². The molecule has 2 rings (SSSR count). The van der Waals surface area contributed by atoms with Crippen LogP contribution in [0.1, 0.15) is 0 Å². The maximum absolute atomic E-state index is 11.6. The van der Waals surface area contributed by atoms with Crippen molar-refractivity contribution in [2.75, 3.05) is 10.6 Å². The van der Waals surface area contributed by atoms with Gasteiger partial charge in [0.2, 0.25) is 0 Å². The quantitative estimate of drug-likeness (QED) is 0.627.